The first-order valence-corrected chi connectivity index (χ1v) is 3.83. The number of piperidine rings is 1. The van der Waals surface area contributed by atoms with E-state index in [-0.39, 0.29) is 18.1 Å². The molecular weight excluding hydrogens is 144 g/mol. The maximum absolute atomic E-state index is 10.7. The summed E-state index contributed by atoms with van der Waals surface area (Å²) in [5.41, 5.74) is 5.08. The lowest BCUT2D eigenvalue weighted by molar-refractivity contribution is 0.0498. The Hall–Kier alpha value is -0.770. The van der Waals surface area contributed by atoms with Crippen molar-refractivity contribution in [3.63, 3.8) is 0 Å². The van der Waals surface area contributed by atoms with Gasteiger partial charge < -0.3 is 15.7 Å². The van der Waals surface area contributed by atoms with Gasteiger partial charge in [0.05, 0.1) is 6.10 Å². The van der Waals surface area contributed by atoms with Crippen molar-refractivity contribution in [3.8, 4) is 0 Å². The summed E-state index contributed by atoms with van der Waals surface area (Å²) in [6.07, 6.45) is 0.370. The van der Waals surface area contributed by atoms with E-state index in [1.165, 1.54) is 0 Å². The van der Waals surface area contributed by atoms with Gasteiger partial charge in [-0.05, 0) is 12.3 Å². The van der Waals surface area contributed by atoms with E-state index in [9.17, 15) is 9.90 Å². The second-order valence-electron chi connectivity index (χ2n) is 3.12. The molecule has 0 aromatic rings. The number of carbonyl (C=O) groups is 1. The molecule has 0 bridgehead atoms. The SMILES string of the molecule is CC1CN(C(N)=O)CCC1O. The number of aliphatic hydroxyl groups excluding tert-OH is 1. The summed E-state index contributed by atoms with van der Waals surface area (Å²) in [7, 11) is 0. The van der Waals surface area contributed by atoms with Crippen molar-refractivity contribution in [1.29, 1.82) is 0 Å². The van der Waals surface area contributed by atoms with Crippen LogP contribution in [0.1, 0.15) is 13.3 Å². The molecule has 0 aromatic carbocycles. The summed E-state index contributed by atoms with van der Waals surface area (Å²) in [6, 6.07) is -0.385. The molecule has 1 aliphatic heterocycles. The van der Waals surface area contributed by atoms with Gasteiger partial charge in [-0.2, -0.15) is 0 Å². The highest BCUT2D eigenvalue weighted by Crippen LogP contribution is 2.15. The van der Waals surface area contributed by atoms with Crippen molar-refractivity contribution in [2.24, 2.45) is 11.7 Å². The fourth-order valence-corrected chi connectivity index (χ4v) is 1.33. The van der Waals surface area contributed by atoms with E-state index in [1.54, 1.807) is 4.90 Å². The standard InChI is InChI=1S/C7H14N2O2/c1-5-4-9(7(8)11)3-2-6(5)10/h5-6,10H,2-4H2,1H3,(H2,8,11). The molecule has 4 nitrogen and oxygen atoms in total. The minimum absolute atomic E-state index is 0.149. The van der Waals surface area contributed by atoms with E-state index in [4.69, 9.17) is 5.73 Å². The molecule has 3 N–H and O–H groups in total. The first-order chi connectivity index (χ1) is 5.11. The van der Waals surface area contributed by atoms with Crippen LogP contribution in [0.25, 0.3) is 0 Å². The quantitative estimate of drug-likeness (QED) is 0.511. The number of likely N-dealkylation sites (tertiary alicyclic amines) is 1. The summed E-state index contributed by atoms with van der Waals surface area (Å²) < 4.78 is 0. The average Bonchev–Trinajstić information content (AvgIpc) is 1.94. The van der Waals surface area contributed by atoms with Crippen molar-refractivity contribution in [2.45, 2.75) is 19.4 Å². The Balaban J connectivity index is 2.46. The fourth-order valence-electron chi connectivity index (χ4n) is 1.33. The molecule has 1 rings (SSSR count). The number of nitrogens with two attached hydrogens (primary N) is 1. The largest absolute Gasteiger partial charge is 0.393 e. The number of urea groups is 1. The van der Waals surface area contributed by atoms with Crippen molar-refractivity contribution in [2.75, 3.05) is 13.1 Å². The van der Waals surface area contributed by atoms with Crippen LogP contribution in [0.5, 0.6) is 0 Å². The predicted octanol–water partition coefficient (Wildman–Crippen LogP) is -0.232. The second-order valence-corrected chi connectivity index (χ2v) is 3.12. The van der Waals surface area contributed by atoms with Gasteiger partial charge in [-0.15, -0.1) is 0 Å². The van der Waals surface area contributed by atoms with Gasteiger partial charge in [0.1, 0.15) is 0 Å². The van der Waals surface area contributed by atoms with Crippen LogP contribution < -0.4 is 5.73 Å². The maximum Gasteiger partial charge on any atom is 0.314 e. The van der Waals surface area contributed by atoms with Crippen LogP contribution in [0.3, 0.4) is 0 Å². The topological polar surface area (TPSA) is 66.6 Å². The number of nitrogens with zero attached hydrogens (tertiary/aromatic N) is 1. The Bertz CT molecular complexity index is 161. The van der Waals surface area contributed by atoms with E-state index in [0.29, 0.717) is 19.5 Å². The molecule has 0 aromatic heterocycles. The molecule has 0 spiro atoms. The van der Waals surface area contributed by atoms with Gasteiger partial charge in [0.2, 0.25) is 0 Å². The van der Waals surface area contributed by atoms with Crippen LogP contribution in [-0.2, 0) is 0 Å². The van der Waals surface area contributed by atoms with Gasteiger partial charge in [0, 0.05) is 13.1 Å². The highest BCUT2D eigenvalue weighted by atomic mass is 16.3. The van der Waals surface area contributed by atoms with Gasteiger partial charge in [0.15, 0.2) is 0 Å². The van der Waals surface area contributed by atoms with Crippen molar-refractivity contribution in [1.82, 2.24) is 4.90 Å². The normalized spacial score (nSPS) is 32.0. The molecule has 1 saturated heterocycles. The Labute approximate surface area is 66.0 Å². The third kappa shape index (κ3) is 1.83. The number of aliphatic hydroxyl groups is 1. The lowest BCUT2D eigenvalue weighted by Gasteiger charge is -2.33. The molecule has 2 unspecified atom stereocenters. The molecule has 0 saturated carbocycles. The van der Waals surface area contributed by atoms with Crippen LogP contribution in [0.15, 0.2) is 0 Å². The van der Waals surface area contributed by atoms with Crippen LogP contribution in [-0.4, -0.2) is 35.2 Å². The third-order valence-electron chi connectivity index (χ3n) is 2.17. The number of carbonyl (C=O) groups excluding carboxylic acids is 1. The number of rotatable bonds is 0. The highest BCUT2D eigenvalue weighted by molar-refractivity contribution is 5.72. The summed E-state index contributed by atoms with van der Waals surface area (Å²) >= 11 is 0. The van der Waals surface area contributed by atoms with Gasteiger partial charge in [0.25, 0.3) is 0 Å². The van der Waals surface area contributed by atoms with Crippen LogP contribution >= 0.6 is 0 Å². The van der Waals surface area contributed by atoms with Crippen molar-refractivity contribution in [3.05, 3.63) is 0 Å². The number of amides is 2. The van der Waals surface area contributed by atoms with Crippen molar-refractivity contribution >= 4 is 6.03 Å². The molecule has 0 radical (unpaired) electrons. The van der Waals surface area contributed by atoms with Crippen LogP contribution in [0, 0.1) is 5.92 Å². The zero-order valence-corrected chi connectivity index (χ0v) is 6.66. The van der Waals surface area contributed by atoms with E-state index >= 15 is 0 Å². The first kappa shape index (κ1) is 8.33. The average molecular weight is 158 g/mol. The lowest BCUT2D eigenvalue weighted by Crippen LogP contribution is -2.47. The lowest BCUT2D eigenvalue weighted by atomic mass is 9.97. The Morgan fingerprint density at radius 3 is 2.82 bits per heavy atom. The molecule has 0 aliphatic carbocycles. The van der Waals surface area contributed by atoms with Gasteiger partial charge in [-0.25, -0.2) is 4.79 Å². The summed E-state index contributed by atoms with van der Waals surface area (Å²) in [4.78, 5) is 12.2. The van der Waals surface area contributed by atoms with E-state index in [1.807, 2.05) is 6.92 Å². The van der Waals surface area contributed by atoms with E-state index in [2.05, 4.69) is 0 Å². The Kier molecular flexibility index (Phi) is 2.34. The van der Waals surface area contributed by atoms with Crippen LogP contribution in [0.2, 0.25) is 0 Å². The minimum atomic E-state index is -0.385. The second kappa shape index (κ2) is 3.09. The van der Waals surface area contributed by atoms with Crippen molar-refractivity contribution < 1.29 is 9.90 Å². The predicted molar refractivity (Wildman–Crippen MR) is 40.9 cm³/mol. The summed E-state index contributed by atoms with van der Waals surface area (Å²) in [5, 5.41) is 9.30. The first-order valence-electron chi connectivity index (χ1n) is 3.83. The minimum Gasteiger partial charge on any atom is -0.393 e. The molecule has 1 heterocycles. The summed E-state index contributed by atoms with van der Waals surface area (Å²) in [6.45, 7) is 3.08. The Morgan fingerprint density at radius 2 is 2.36 bits per heavy atom. The molecule has 4 heteroatoms. The zero-order chi connectivity index (χ0) is 8.43. The van der Waals surface area contributed by atoms with Crippen LogP contribution in [0.4, 0.5) is 4.79 Å². The monoisotopic (exact) mass is 158 g/mol. The molecular formula is C7H14N2O2. The number of hydrogen-bond acceptors (Lipinski definition) is 2. The molecule has 1 fully saturated rings. The fraction of sp³-hybridized carbons (Fsp3) is 0.857. The molecule has 2 atom stereocenters. The van der Waals surface area contributed by atoms with E-state index in [0.717, 1.165) is 0 Å². The Morgan fingerprint density at radius 1 is 1.73 bits per heavy atom. The summed E-state index contributed by atoms with van der Waals surface area (Å²) in [5.74, 6) is 0.149. The van der Waals surface area contributed by atoms with Gasteiger partial charge >= 0.3 is 6.03 Å². The van der Waals surface area contributed by atoms with E-state index < -0.39 is 0 Å². The molecule has 11 heavy (non-hydrogen) atoms. The maximum atomic E-state index is 10.7. The molecule has 2 amide bonds. The third-order valence-corrected chi connectivity index (χ3v) is 2.17. The van der Waals surface area contributed by atoms with Gasteiger partial charge in [-0.1, -0.05) is 6.92 Å². The smallest absolute Gasteiger partial charge is 0.314 e. The highest BCUT2D eigenvalue weighted by Gasteiger charge is 2.25. The number of primary amides is 1. The van der Waals surface area contributed by atoms with Gasteiger partial charge in [-0.3, -0.25) is 0 Å². The number of hydrogen-bond donors (Lipinski definition) is 2. The molecule has 64 valence electrons. The zero-order valence-electron chi connectivity index (χ0n) is 6.66. The molecule has 1 aliphatic rings.